The van der Waals surface area contributed by atoms with Crippen molar-refractivity contribution in [1.29, 1.82) is 5.26 Å². The van der Waals surface area contributed by atoms with Crippen molar-refractivity contribution in [2.75, 3.05) is 5.32 Å². The lowest BCUT2D eigenvalue weighted by atomic mass is 10.1. The van der Waals surface area contributed by atoms with Crippen LogP contribution < -0.4 is 5.32 Å². The summed E-state index contributed by atoms with van der Waals surface area (Å²) in [7, 11) is 0. The summed E-state index contributed by atoms with van der Waals surface area (Å²) in [6, 6.07) is 3.07. The van der Waals surface area contributed by atoms with E-state index in [0.29, 0.717) is 21.3 Å². The average molecular weight is 312 g/mol. The van der Waals surface area contributed by atoms with Gasteiger partial charge in [0.2, 0.25) is 5.91 Å². The molecular weight excluding hydrogens is 302 g/mol. The molecule has 0 aliphatic carbocycles. The van der Waals surface area contributed by atoms with Crippen LogP contribution in [0, 0.1) is 35.3 Å². The molecule has 1 aromatic carbocycles. The number of nitrogens with one attached hydrogen (secondary N) is 1. The monoisotopic (exact) mass is 311 g/mol. The van der Waals surface area contributed by atoms with Crippen molar-refractivity contribution in [3.63, 3.8) is 0 Å². The van der Waals surface area contributed by atoms with Crippen LogP contribution >= 0.6 is 15.9 Å². The van der Waals surface area contributed by atoms with Crippen molar-refractivity contribution in [1.82, 2.24) is 0 Å². The van der Waals surface area contributed by atoms with Crippen LogP contribution in [0.2, 0.25) is 0 Å². The first-order valence-corrected chi connectivity index (χ1v) is 5.78. The Balaban J connectivity index is 3.24. The lowest BCUT2D eigenvalue weighted by Gasteiger charge is -2.12. The van der Waals surface area contributed by atoms with Gasteiger partial charge in [-0.3, -0.25) is 14.9 Å². The average Bonchev–Trinajstić information content (AvgIpc) is 2.29. The van der Waals surface area contributed by atoms with Gasteiger partial charge in [0.25, 0.3) is 5.69 Å². The molecule has 0 aliphatic rings. The van der Waals surface area contributed by atoms with E-state index in [9.17, 15) is 14.9 Å². The summed E-state index contributed by atoms with van der Waals surface area (Å²) in [6.45, 7) is 3.29. The lowest BCUT2D eigenvalue weighted by Crippen LogP contribution is -2.12. The Kier molecular flexibility index (Phi) is 4.39. The first kappa shape index (κ1) is 14.1. The van der Waals surface area contributed by atoms with Crippen LogP contribution in [0.15, 0.2) is 10.5 Å². The lowest BCUT2D eigenvalue weighted by molar-refractivity contribution is -0.385. The van der Waals surface area contributed by atoms with Crippen LogP contribution in [-0.2, 0) is 4.79 Å². The highest BCUT2D eigenvalue weighted by atomic mass is 79.9. The van der Waals surface area contributed by atoms with E-state index >= 15 is 0 Å². The third kappa shape index (κ3) is 2.84. The summed E-state index contributed by atoms with van der Waals surface area (Å²) in [5.41, 5.74) is 1.52. The molecule has 0 fully saturated rings. The second-order valence-corrected chi connectivity index (χ2v) is 4.50. The second-order valence-electron chi connectivity index (χ2n) is 3.64. The quantitative estimate of drug-likeness (QED) is 0.685. The number of anilines is 1. The van der Waals surface area contributed by atoms with Crippen LogP contribution in [0.25, 0.3) is 0 Å². The molecule has 0 bridgehead atoms. The number of hydrogen-bond donors (Lipinski definition) is 1. The van der Waals surface area contributed by atoms with Crippen LogP contribution in [0.3, 0.4) is 0 Å². The maximum absolute atomic E-state index is 11.4. The van der Waals surface area contributed by atoms with Gasteiger partial charge in [-0.25, -0.2) is 0 Å². The van der Waals surface area contributed by atoms with Gasteiger partial charge in [-0.05, 0) is 35.3 Å². The number of benzene rings is 1. The summed E-state index contributed by atoms with van der Waals surface area (Å²) in [5, 5.41) is 21.8. The highest BCUT2D eigenvalue weighted by molar-refractivity contribution is 9.10. The van der Waals surface area contributed by atoms with Crippen LogP contribution in [0.1, 0.15) is 17.5 Å². The molecule has 1 aromatic rings. The number of rotatable bonds is 3. The molecular formula is C11H10BrN3O3. The number of nitriles is 1. The standard InChI is InChI=1S/C11H10BrN3O3/c1-6-7(2)11(14-10(16)3-4-13)8(12)5-9(6)15(17)18/h5H,3H2,1-2H3,(H,14,16). The number of nitro benzene ring substituents is 1. The summed E-state index contributed by atoms with van der Waals surface area (Å²) >= 11 is 3.18. The molecule has 0 heterocycles. The third-order valence-corrected chi connectivity index (χ3v) is 3.15. The van der Waals surface area contributed by atoms with Gasteiger partial charge in [-0.1, -0.05) is 0 Å². The normalized spacial score (nSPS) is 9.67. The van der Waals surface area contributed by atoms with Gasteiger partial charge >= 0.3 is 0 Å². The van der Waals surface area contributed by atoms with E-state index in [1.165, 1.54) is 6.07 Å². The minimum absolute atomic E-state index is 0.0161. The number of nitro groups is 1. The fraction of sp³-hybridized carbons (Fsp3) is 0.273. The van der Waals surface area contributed by atoms with Crippen molar-refractivity contribution in [3.8, 4) is 6.07 Å². The van der Waals surface area contributed by atoms with E-state index in [1.807, 2.05) is 0 Å². The Hall–Kier alpha value is -1.94. The molecule has 0 atom stereocenters. The molecule has 7 heteroatoms. The SMILES string of the molecule is Cc1c([N+](=O)[O-])cc(Br)c(NC(=O)CC#N)c1C. The number of carbonyl (C=O) groups excluding carboxylic acids is 1. The molecule has 0 saturated heterocycles. The number of carbonyl (C=O) groups is 1. The van der Waals surface area contributed by atoms with Crippen LogP contribution in [0.4, 0.5) is 11.4 Å². The van der Waals surface area contributed by atoms with Gasteiger partial charge < -0.3 is 5.32 Å². The molecule has 1 rings (SSSR count). The Labute approximate surface area is 112 Å². The molecule has 0 spiro atoms. The largest absolute Gasteiger partial charge is 0.324 e. The molecule has 18 heavy (non-hydrogen) atoms. The van der Waals surface area contributed by atoms with E-state index in [0.717, 1.165) is 0 Å². The Bertz CT molecular complexity index is 564. The summed E-state index contributed by atoms with van der Waals surface area (Å²) < 4.78 is 0.420. The van der Waals surface area contributed by atoms with E-state index in [-0.39, 0.29) is 12.1 Å². The number of nitrogens with zero attached hydrogens (tertiary/aromatic N) is 2. The fourth-order valence-electron chi connectivity index (χ4n) is 1.46. The van der Waals surface area contributed by atoms with Crippen LogP contribution in [0.5, 0.6) is 0 Å². The van der Waals surface area contributed by atoms with Gasteiger partial charge in [0.05, 0.1) is 16.7 Å². The van der Waals surface area contributed by atoms with Gasteiger partial charge in [-0.2, -0.15) is 5.26 Å². The van der Waals surface area contributed by atoms with Crippen molar-refractivity contribution >= 4 is 33.2 Å². The topological polar surface area (TPSA) is 96.0 Å². The summed E-state index contributed by atoms with van der Waals surface area (Å²) in [4.78, 5) is 21.7. The number of hydrogen-bond acceptors (Lipinski definition) is 4. The number of amides is 1. The fourth-order valence-corrected chi connectivity index (χ4v) is 2.07. The summed E-state index contributed by atoms with van der Waals surface area (Å²) in [6.07, 6.45) is -0.262. The molecule has 6 nitrogen and oxygen atoms in total. The zero-order valence-corrected chi connectivity index (χ0v) is 11.4. The van der Waals surface area contributed by atoms with E-state index < -0.39 is 10.8 Å². The smallest absolute Gasteiger partial charge is 0.273 e. The van der Waals surface area contributed by atoms with Gasteiger partial charge in [0, 0.05) is 16.1 Å². The molecule has 1 amide bonds. The molecule has 1 N–H and O–H groups in total. The van der Waals surface area contributed by atoms with Gasteiger partial charge in [0.15, 0.2) is 0 Å². The van der Waals surface area contributed by atoms with Gasteiger partial charge in [-0.15, -0.1) is 0 Å². The predicted molar refractivity (Wildman–Crippen MR) is 69.1 cm³/mol. The van der Waals surface area contributed by atoms with E-state index in [2.05, 4.69) is 21.2 Å². The van der Waals surface area contributed by atoms with Crippen molar-refractivity contribution in [3.05, 3.63) is 31.8 Å². The van der Waals surface area contributed by atoms with Crippen molar-refractivity contribution < 1.29 is 9.72 Å². The molecule has 0 aliphatic heterocycles. The Morgan fingerprint density at radius 1 is 1.56 bits per heavy atom. The first-order valence-electron chi connectivity index (χ1n) is 4.99. The second kappa shape index (κ2) is 5.60. The minimum atomic E-state index is -0.478. The van der Waals surface area contributed by atoms with Crippen LogP contribution in [-0.4, -0.2) is 10.8 Å². The zero-order valence-electron chi connectivity index (χ0n) is 9.78. The molecule has 0 radical (unpaired) electrons. The minimum Gasteiger partial charge on any atom is -0.324 e. The van der Waals surface area contributed by atoms with E-state index in [1.54, 1.807) is 19.9 Å². The predicted octanol–water partition coefficient (Wildman–Crippen LogP) is 2.83. The van der Waals surface area contributed by atoms with Crippen molar-refractivity contribution in [2.45, 2.75) is 20.3 Å². The van der Waals surface area contributed by atoms with Gasteiger partial charge in [0.1, 0.15) is 6.42 Å². The number of halogens is 1. The molecule has 0 aromatic heterocycles. The Morgan fingerprint density at radius 2 is 2.17 bits per heavy atom. The maximum Gasteiger partial charge on any atom is 0.273 e. The zero-order chi connectivity index (χ0) is 13.9. The summed E-state index contributed by atoms with van der Waals surface area (Å²) in [5.74, 6) is -0.449. The molecule has 0 unspecified atom stereocenters. The molecule has 0 saturated carbocycles. The van der Waals surface area contributed by atoms with E-state index in [4.69, 9.17) is 5.26 Å². The highest BCUT2D eigenvalue weighted by Gasteiger charge is 2.19. The Morgan fingerprint density at radius 3 is 2.67 bits per heavy atom. The maximum atomic E-state index is 11.4. The first-order chi connectivity index (χ1) is 8.38. The van der Waals surface area contributed by atoms with Crippen molar-refractivity contribution in [2.24, 2.45) is 0 Å². The highest BCUT2D eigenvalue weighted by Crippen LogP contribution is 2.34. The third-order valence-electron chi connectivity index (χ3n) is 2.52. The molecule has 94 valence electrons.